The molecular formula is C16H28N2O. The standard InChI is InChI=1S/C16H28N2O/c17-12-9-13-3-4-14(10-12)18(13)15-5-8-19-16(11-15)6-1-2-7-16/h12-15H,1-11,17H2. The van der Waals surface area contributed by atoms with E-state index in [0.717, 1.165) is 24.7 Å². The second-order valence-corrected chi connectivity index (χ2v) is 7.45. The molecule has 0 aromatic heterocycles. The first kappa shape index (κ1) is 12.6. The highest BCUT2D eigenvalue weighted by molar-refractivity contribution is 5.03. The average molecular weight is 264 g/mol. The fourth-order valence-electron chi connectivity index (χ4n) is 5.48. The summed E-state index contributed by atoms with van der Waals surface area (Å²) in [6, 6.07) is 2.83. The SMILES string of the molecule is NC1CC2CCC(C1)N2C1CCOC2(CCCC2)C1. The molecule has 4 aliphatic rings. The molecule has 1 saturated carbocycles. The van der Waals surface area contributed by atoms with Gasteiger partial charge in [0, 0.05) is 30.8 Å². The normalized spacial score (nSPS) is 45.9. The third-order valence-corrected chi connectivity index (χ3v) is 6.23. The van der Waals surface area contributed by atoms with E-state index >= 15 is 0 Å². The molecule has 2 N–H and O–H groups in total. The van der Waals surface area contributed by atoms with Crippen LogP contribution in [0.1, 0.15) is 64.2 Å². The first-order valence-electron chi connectivity index (χ1n) is 8.43. The predicted molar refractivity (Wildman–Crippen MR) is 76.0 cm³/mol. The van der Waals surface area contributed by atoms with Crippen molar-refractivity contribution in [2.45, 2.75) is 94.0 Å². The second kappa shape index (κ2) is 4.71. The monoisotopic (exact) mass is 264 g/mol. The van der Waals surface area contributed by atoms with Crippen LogP contribution in [0.3, 0.4) is 0 Å². The molecule has 108 valence electrons. The minimum atomic E-state index is 0.266. The highest BCUT2D eigenvalue weighted by Crippen LogP contribution is 2.45. The van der Waals surface area contributed by atoms with Gasteiger partial charge in [-0.25, -0.2) is 0 Å². The third-order valence-electron chi connectivity index (χ3n) is 6.23. The van der Waals surface area contributed by atoms with E-state index in [1.54, 1.807) is 0 Å². The highest BCUT2D eigenvalue weighted by Gasteiger charge is 2.47. The van der Waals surface area contributed by atoms with Crippen LogP contribution in [0, 0.1) is 0 Å². The number of nitrogens with two attached hydrogens (primary N) is 1. The summed E-state index contributed by atoms with van der Waals surface area (Å²) in [5.74, 6) is 0. The molecule has 2 bridgehead atoms. The summed E-state index contributed by atoms with van der Waals surface area (Å²) in [6.45, 7) is 0.993. The van der Waals surface area contributed by atoms with Gasteiger partial charge in [-0.05, 0) is 51.4 Å². The van der Waals surface area contributed by atoms with Gasteiger partial charge in [-0.2, -0.15) is 0 Å². The van der Waals surface area contributed by atoms with Crippen LogP contribution in [-0.4, -0.2) is 41.3 Å². The lowest BCUT2D eigenvalue weighted by Crippen LogP contribution is -2.56. The number of hydrogen-bond donors (Lipinski definition) is 1. The van der Waals surface area contributed by atoms with Crippen LogP contribution in [0.2, 0.25) is 0 Å². The van der Waals surface area contributed by atoms with E-state index in [1.807, 2.05) is 0 Å². The summed E-state index contributed by atoms with van der Waals surface area (Å²) in [5.41, 5.74) is 6.48. The fraction of sp³-hybridized carbons (Fsp3) is 1.00. The first-order chi connectivity index (χ1) is 9.26. The largest absolute Gasteiger partial charge is 0.375 e. The van der Waals surface area contributed by atoms with Crippen molar-refractivity contribution in [1.82, 2.24) is 4.90 Å². The molecule has 19 heavy (non-hydrogen) atoms. The average Bonchev–Trinajstić information content (AvgIpc) is 2.94. The van der Waals surface area contributed by atoms with Gasteiger partial charge in [0.25, 0.3) is 0 Å². The Hall–Kier alpha value is -0.120. The quantitative estimate of drug-likeness (QED) is 0.790. The van der Waals surface area contributed by atoms with Crippen LogP contribution in [0.4, 0.5) is 0 Å². The summed E-state index contributed by atoms with van der Waals surface area (Å²) >= 11 is 0. The van der Waals surface area contributed by atoms with E-state index in [1.165, 1.54) is 64.2 Å². The number of rotatable bonds is 1. The van der Waals surface area contributed by atoms with Crippen molar-refractivity contribution in [1.29, 1.82) is 0 Å². The zero-order valence-electron chi connectivity index (χ0n) is 12.0. The van der Waals surface area contributed by atoms with Crippen LogP contribution in [0.5, 0.6) is 0 Å². The Morgan fingerprint density at radius 3 is 2.32 bits per heavy atom. The lowest BCUT2D eigenvalue weighted by Gasteiger charge is -2.48. The second-order valence-electron chi connectivity index (χ2n) is 7.45. The lowest BCUT2D eigenvalue weighted by molar-refractivity contribution is -0.112. The third kappa shape index (κ3) is 2.14. The molecule has 0 radical (unpaired) electrons. The Morgan fingerprint density at radius 1 is 0.947 bits per heavy atom. The van der Waals surface area contributed by atoms with Gasteiger partial charge in [-0.1, -0.05) is 12.8 Å². The summed E-state index contributed by atoms with van der Waals surface area (Å²) in [6.07, 6.45) is 13.2. The Morgan fingerprint density at radius 2 is 1.63 bits per heavy atom. The molecule has 3 aliphatic heterocycles. The Labute approximate surface area is 116 Å². The van der Waals surface area contributed by atoms with Crippen molar-refractivity contribution >= 4 is 0 Å². The number of fused-ring (bicyclic) bond motifs is 2. The predicted octanol–water partition coefficient (Wildman–Crippen LogP) is 2.43. The molecule has 3 heterocycles. The van der Waals surface area contributed by atoms with Crippen LogP contribution in [-0.2, 0) is 4.74 Å². The van der Waals surface area contributed by atoms with Gasteiger partial charge in [0.05, 0.1) is 5.60 Å². The van der Waals surface area contributed by atoms with Crippen molar-refractivity contribution in [2.24, 2.45) is 5.73 Å². The summed E-state index contributed by atoms with van der Waals surface area (Å²) in [5, 5.41) is 0. The van der Waals surface area contributed by atoms with Crippen molar-refractivity contribution in [3.63, 3.8) is 0 Å². The Balaban J connectivity index is 1.50. The molecule has 3 nitrogen and oxygen atoms in total. The maximum atomic E-state index is 6.21. The molecule has 1 spiro atoms. The van der Waals surface area contributed by atoms with Crippen LogP contribution in [0.15, 0.2) is 0 Å². The van der Waals surface area contributed by atoms with Crippen LogP contribution >= 0.6 is 0 Å². The lowest BCUT2D eigenvalue weighted by atomic mass is 9.85. The molecular weight excluding hydrogens is 236 g/mol. The molecule has 1 aliphatic carbocycles. The molecule has 4 rings (SSSR count). The van der Waals surface area contributed by atoms with E-state index < -0.39 is 0 Å². The summed E-state index contributed by atoms with van der Waals surface area (Å²) in [4.78, 5) is 2.88. The van der Waals surface area contributed by atoms with Gasteiger partial charge in [0.2, 0.25) is 0 Å². The Bertz CT molecular complexity index is 326. The number of piperidine rings is 1. The van der Waals surface area contributed by atoms with E-state index in [2.05, 4.69) is 4.90 Å². The molecule has 3 atom stereocenters. The zero-order chi connectivity index (χ0) is 12.9. The molecule has 4 fully saturated rings. The van der Waals surface area contributed by atoms with Crippen molar-refractivity contribution in [3.8, 4) is 0 Å². The molecule has 3 heteroatoms. The highest BCUT2D eigenvalue weighted by atomic mass is 16.5. The van der Waals surface area contributed by atoms with Crippen molar-refractivity contribution < 1.29 is 4.74 Å². The zero-order valence-corrected chi connectivity index (χ0v) is 12.0. The molecule has 0 amide bonds. The smallest absolute Gasteiger partial charge is 0.0697 e. The van der Waals surface area contributed by atoms with Crippen molar-refractivity contribution in [2.75, 3.05) is 6.61 Å². The molecule has 3 unspecified atom stereocenters. The van der Waals surface area contributed by atoms with E-state index in [0.29, 0.717) is 6.04 Å². The van der Waals surface area contributed by atoms with Crippen LogP contribution < -0.4 is 5.73 Å². The maximum Gasteiger partial charge on any atom is 0.0697 e. The van der Waals surface area contributed by atoms with E-state index in [4.69, 9.17) is 10.5 Å². The van der Waals surface area contributed by atoms with Gasteiger partial charge in [0.15, 0.2) is 0 Å². The number of ether oxygens (including phenoxy) is 1. The molecule has 3 saturated heterocycles. The van der Waals surface area contributed by atoms with Crippen LogP contribution in [0.25, 0.3) is 0 Å². The van der Waals surface area contributed by atoms with Gasteiger partial charge in [0.1, 0.15) is 0 Å². The minimum absolute atomic E-state index is 0.266. The van der Waals surface area contributed by atoms with Gasteiger partial charge < -0.3 is 10.5 Å². The van der Waals surface area contributed by atoms with E-state index in [-0.39, 0.29) is 5.60 Å². The minimum Gasteiger partial charge on any atom is -0.375 e. The number of hydrogen-bond acceptors (Lipinski definition) is 3. The van der Waals surface area contributed by atoms with Gasteiger partial charge in [-0.15, -0.1) is 0 Å². The summed E-state index contributed by atoms with van der Waals surface area (Å²) in [7, 11) is 0. The number of nitrogens with zero attached hydrogens (tertiary/aromatic N) is 1. The molecule has 0 aromatic carbocycles. The maximum absolute atomic E-state index is 6.21. The topological polar surface area (TPSA) is 38.5 Å². The van der Waals surface area contributed by atoms with Crippen molar-refractivity contribution in [3.05, 3.63) is 0 Å². The fourth-order valence-corrected chi connectivity index (χ4v) is 5.48. The molecule has 0 aromatic rings. The van der Waals surface area contributed by atoms with E-state index in [9.17, 15) is 0 Å². The van der Waals surface area contributed by atoms with Gasteiger partial charge >= 0.3 is 0 Å². The first-order valence-corrected chi connectivity index (χ1v) is 8.43. The van der Waals surface area contributed by atoms with Gasteiger partial charge in [-0.3, -0.25) is 4.90 Å². The summed E-state index contributed by atoms with van der Waals surface area (Å²) < 4.78 is 6.21. The Kier molecular flexibility index (Phi) is 3.13.